The summed E-state index contributed by atoms with van der Waals surface area (Å²) in [6, 6.07) is 5.11. The highest BCUT2D eigenvalue weighted by molar-refractivity contribution is 6.22. The monoisotopic (exact) mass is 330 g/mol. The topological polar surface area (TPSA) is 75.7 Å². The summed E-state index contributed by atoms with van der Waals surface area (Å²) < 4.78 is 5.49. The van der Waals surface area contributed by atoms with Crippen molar-refractivity contribution in [3.63, 3.8) is 0 Å². The van der Waals surface area contributed by atoms with Gasteiger partial charge in [0, 0.05) is 19.8 Å². The molecule has 1 aliphatic heterocycles. The lowest BCUT2D eigenvalue weighted by Gasteiger charge is -2.13. The van der Waals surface area contributed by atoms with Crippen LogP contribution >= 0.6 is 0 Å². The van der Waals surface area contributed by atoms with Crippen LogP contribution < -0.4 is 5.32 Å². The zero-order chi connectivity index (χ0) is 17.1. The first-order valence-corrected chi connectivity index (χ1v) is 8.37. The van der Waals surface area contributed by atoms with Gasteiger partial charge in [-0.25, -0.2) is 0 Å². The number of amides is 3. The Kier molecular flexibility index (Phi) is 4.94. The second kappa shape index (κ2) is 7.13. The van der Waals surface area contributed by atoms with Crippen LogP contribution in [0.4, 0.5) is 0 Å². The van der Waals surface area contributed by atoms with E-state index in [1.54, 1.807) is 18.2 Å². The van der Waals surface area contributed by atoms with Gasteiger partial charge in [0.15, 0.2) is 0 Å². The highest BCUT2D eigenvalue weighted by atomic mass is 16.5. The second-order valence-corrected chi connectivity index (χ2v) is 6.47. The van der Waals surface area contributed by atoms with Crippen LogP contribution in [0.5, 0.6) is 0 Å². The van der Waals surface area contributed by atoms with Gasteiger partial charge in [-0.2, -0.15) is 0 Å². The van der Waals surface area contributed by atoms with Crippen molar-refractivity contribution in [1.82, 2.24) is 10.2 Å². The number of aryl methyl sites for hydroxylation is 1. The smallest absolute Gasteiger partial charge is 0.262 e. The molecule has 1 heterocycles. The quantitative estimate of drug-likeness (QED) is 0.579. The molecular weight excluding hydrogens is 308 g/mol. The summed E-state index contributed by atoms with van der Waals surface area (Å²) in [6.45, 7) is 3.52. The first-order chi connectivity index (χ1) is 11.6. The fourth-order valence-corrected chi connectivity index (χ4v) is 2.68. The standard InChI is InChI=1S/C18H22N2O4/c1-12-3-6-14-15(9-12)18(23)20(17(14)22)10-16(21)19-7-2-8-24-11-13-4-5-13/h3,6,9,13H,2,4-5,7-8,10-11H2,1H3,(H,19,21). The summed E-state index contributed by atoms with van der Waals surface area (Å²) >= 11 is 0. The van der Waals surface area contributed by atoms with Gasteiger partial charge in [0.25, 0.3) is 11.8 Å². The number of nitrogens with zero attached hydrogens (tertiary/aromatic N) is 1. The maximum atomic E-state index is 12.3. The summed E-state index contributed by atoms with van der Waals surface area (Å²) in [7, 11) is 0. The maximum absolute atomic E-state index is 12.3. The van der Waals surface area contributed by atoms with Crippen molar-refractivity contribution in [3.8, 4) is 0 Å². The van der Waals surface area contributed by atoms with Crippen molar-refractivity contribution >= 4 is 17.7 Å². The summed E-state index contributed by atoms with van der Waals surface area (Å²) in [4.78, 5) is 37.5. The lowest BCUT2D eigenvalue weighted by molar-refractivity contribution is -0.121. The van der Waals surface area contributed by atoms with Crippen LogP contribution in [-0.4, -0.2) is 48.9 Å². The average Bonchev–Trinajstić information content (AvgIpc) is 3.35. The molecule has 0 saturated heterocycles. The normalized spacial score (nSPS) is 16.5. The van der Waals surface area contributed by atoms with Crippen molar-refractivity contribution < 1.29 is 19.1 Å². The van der Waals surface area contributed by atoms with E-state index in [9.17, 15) is 14.4 Å². The Labute approximate surface area is 141 Å². The predicted molar refractivity (Wildman–Crippen MR) is 87.7 cm³/mol. The number of rotatable bonds is 8. The first kappa shape index (κ1) is 16.6. The Morgan fingerprint density at radius 1 is 1.25 bits per heavy atom. The van der Waals surface area contributed by atoms with Crippen LogP contribution in [0.25, 0.3) is 0 Å². The molecule has 6 nitrogen and oxygen atoms in total. The predicted octanol–water partition coefficient (Wildman–Crippen LogP) is 1.52. The minimum atomic E-state index is -0.405. The fraction of sp³-hybridized carbons (Fsp3) is 0.500. The molecule has 0 aromatic heterocycles. The Balaban J connectivity index is 1.43. The van der Waals surface area contributed by atoms with E-state index in [1.807, 2.05) is 6.92 Å². The third-order valence-electron chi connectivity index (χ3n) is 4.27. The molecule has 6 heteroatoms. The number of hydrogen-bond donors (Lipinski definition) is 1. The Bertz CT molecular complexity index is 667. The molecule has 1 N–H and O–H groups in total. The van der Waals surface area contributed by atoms with E-state index in [4.69, 9.17) is 4.74 Å². The van der Waals surface area contributed by atoms with Crippen molar-refractivity contribution in [2.45, 2.75) is 26.2 Å². The van der Waals surface area contributed by atoms with Crippen LogP contribution in [0.1, 0.15) is 45.5 Å². The van der Waals surface area contributed by atoms with Gasteiger partial charge in [-0.05, 0) is 44.2 Å². The fourth-order valence-electron chi connectivity index (χ4n) is 2.68. The molecule has 0 unspecified atom stereocenters. The summed E-state index contributed by atoms with van der Waals surface area (Å²) in [6.07, 6.45) is 3.24. The molecule has 2 aliphatic rings. The minimum Gasteiger partial charge on any atom is -0.381 e. The van der Waals surface area contributed by atoms with Crippen molar-refractivity contribution in [2.24, 2.45) is 5.92 Å². The number of imide groups is 1. The molecule has 3 amide bonds. The lowest BCUT2D eigenvalue weighted by atomic mass is 10.1. The van der Waals surface area contributed by atoms with Crippen molar-refractivity contribution in [3.05, 3.63) is 34.9 Å². The Morgan fingerprint density at radius 2 is 2.00 bits per heavy atom. The molecule has 0 spiro atoms. The van der Waals surface area contributed by atoms with E-state index < -0.39 is 11.8 Å². The molecule has 1 aromatic carbocycles. The van der Waals surface area contributed by atoms with E-state index >= 15 is 0 Å². The van der Waals surface area contributed by atoms with Gasteiger partial charge in [-0.3, -0.25) is 19.3 Å². The molecule has 128 valence electrons. The average molecular weight is 330 g/mol. The number of benzene rings is 1. The van der Waals surface area contributed by atoms with E-state index in [0.29, 0.717) is 24.3 Å². The number of nitrogens with one attached hydrogen (secondary N) is 1. The van der Waals surface area contributed by atoms with Crippen LogP contribution in [-0.2, 0) is 9.53 Å². The van der Waals surface area contributed by atoms with Gasteiger partial charge in [0.2, 0.25) is 5.91 Å². The van der Waals surface area contributed by atoms with Crippen LogP contribution in [0, 0.1) is 12.8 Å². The third kappa shape index (κ3) is 3.82. The largest absolute Gasteiger partial charge is 0.381 e. The van der Waals surface area contributed by atoms with Gasteiger partial charge < -0.3 is 10.1 Å². The van der Waals surface area contributed by atoms with Crippen molar-refractivity contribution in [2.75, 3.05) is 26.3 Å². The Morgan fingerprint density at radius 3 is 2.75 bits per heavy atom. The number of hydrogen-bond acceptors (Lipinski definition) is 4. The van der Waals surface area contributed by atoms with Gasteiger partial charge >= 0.3 is 0 Å². The number of fused-ring (bicyclic) bond motifs is 1. The number of carbonyl (C=O) groups is 3. The summed E-state index contributed by atoms with van der Waals surface area (Å²) in [5.41, 5.74) is 1.65. The van der Waals surface area contributed by atoms with Gasteiger partial charge in [0.1, 0.15) is 6.54 Å². The summed E-state index contributed by atoms with van der Waals surface area (Å²) in [5, 5.41) is 2.73. The molecule has 1 aromatic rings. The molecule has 0 radical (unpaired) electrons. The van der Waals surface area contributed by atoms with E-state index in [1.165, 1.54) is 12.8 Å². The SMILES string of the molecule is Cc1ccc2c(c1)C(=O)N(CC(=O)NCCCOCC1CC1)C2=O. The minimum absolute atomic E-state index is 0.242. The number of carbonyl (C=O) groups excluding carboxylic acids is 3. The molecular formula is C18H22N2O4. The molecule has 0 atom stereocenters. The van der Waals surface area contributed by atoms with Crippen molar-refractivity contribution in [1.29, 1.82) is 0 Å². The number of ether oxygens (including phenoxy) is 1. The molecule has 0 bridgehead atoms. The molecule has 3 rings (SSSR count). The second-order valence-electron chi connectivity index (χ2n) is 6.47. The van der Waals surface area contributed by atoms with E-state index in [0.717, 1.165) is 29.4 Å². The van der Waals surface area contributed by atoms with Gasteiger partial charge in [-0.15, -0.1) is 0 Å². The van der Waals surface area contributed by atoms with Crippen LogP contribution in [0.2, 0.25) is 0 Å². The van der Waals surface area contributed by atoms with Gasteiger partial charge in [-0.1, -0.05) is 11.6 Å². The zero-order valence-corrected chi connectivity index (χ0v) is 13.8. The maximum Gasteiger partial charge on any atom is 0.262 e. The highest BCUT2D eigenvalue weighted by Gasteiger charge is 2.36. The van der Waals surface area contributed by atoms with Gasteiger partial charge in [0.05, 0.1) is 11.1 Å². The van der Waals surface area contributed by atoms with E-state index in [2.05, 4.69) is 5.32 Å². The Hall–Kier alpha value is -2.21. The van der Waals surface area contributed by atoms with Crippen LogP contribution in [0.15, 0.2) is 18.2 Å². The molecule has 24 heavy (non-hydrogen) atoms. The highest BCUT2D eigenvalue weighted by Crippen LogP contribution is 2.28. The molecule has 1 saturated carbocycles. The molecule has 1 aliphatic carbocycles. The third-order valence-corrected chi connectivity index (χ3v) is 4.27. The van der Waals surface area contributed by atoms with Crippen LogP contribution in [0.3, 0.4) is 0 Å². The first-order valence-electron chi connectivity index (χ1n) is 8.37. The van der Waals surface area contributed by atoms with E-state index in [-0.39, 0.29) is 12.5 Å². The zero-order valence-electron chi connectivity index (χ0n) is 13.8. The lowest BCUT2D eigenvalue weighted by Crippen LogP contribution is -2.40. The summed E-state index contributed by atoms with van der Waals surface area (Å²) in [5.74, 6) is -0.403. The molecule has 1 fully saturated rings.